The van der Waals surface area contributed by atoms with E-state index < -0.39 is 0 Å². The van der Waals surface area contributed by atoms with Gasteiger partial charge in [-0.3, -0.25) is 0 Å². The molecule has 1 rings (SSSR count). The minimum atomic E-state index is 0.413. The van der Waals surface area contributed by atoms with E-state index in [1.807, 2.05) is 0 Å². The van der Waals surface area contributed by atoms with Gasteiger partial charge in [0, 0.05) is 20.0 Å². The van der Waals surface area contributed by atoms with E-state index in [0.29, 0.717) is 6.10 Å². The Balaban J connectivity index is 2.32. The Kier molecular flexibility index (Phi) is 1.93. The number of rotatable bonds is 1. The van der Waals surface area contributed by atoms with Crippen LogP contribution in [-0.2, 0) is 4.74 Å². The predicted octanol–water partition coefficient (Wildman–Crippen LogP) is 1.19. The summed E-state index contributed by atoms with van der Waals surface area (Å²) in [5, 5.41) is 0. The van der Waals surface area contributed by atoms with Crippen molar-refractivity contribution >= 4 is 0 Å². The van der Waals surface area contributed by atoms with Gasteiger partial charge in [0.15, 0.2) is 0 Å². The molecule has 0 aliphatic heterocycles. The minimum Gasteiger partial charge on any atom is -0.380 e. The molecule has 1 atom stereocenters. The van der Waals surface area contributed by atoms with Crippen LogP contribution in [0, 0.1) is 11.8 Å². The standard InChI is InChI=1S/C7H10O/c1-8-7-5-3-2-4-6-7/h7H,3,5-6H2,1H3. The summed E-state index contributed by atoms with van der Waals surface area (Å²) >= 11 is 0. The van der Waals surface area contributed by atoms with E-state index in [1.54, 1.807) is 7.11 Å². The number of methoxy groups -OCH3 is 1. The molecule has 0 aromatic carbocycles. The first-order chi connectivity index (χ1) is 3.93. The molecule has 0 bridgehead atoms. The highest BCUT2D eigenvalue weighted by Crippen LogP contribution is 2.07. The van der Waals surface area contributed by atoms with Gasteiger partial charge in [-0.25, -0.2) is 0 Å². The van der Waals surface area contributed by atoms with Crippen molar-refractivity contribution in [1.82, 2.24) is 0 Å². The Bertz CT molecular complexity index is 118. The van der Waals surface area contributed by atoms with Crippen LogP contribution in [-0.4, -0.2) is 13.2 Å². The predicted molar refractivity (Wildman–Crippen MR) is 32.4 cm³/mol. The third kappa shape index (κ3) is 1.24. The van der Waals surface area contributed by atoms with Crippen LogP contribution in [0.4, 0.5) is 0 Å². The number of ether oxygens (including phenoxy) is 1. The molecule has 0 aromatic rings. The first-order valence-electron chi connectivity index (χ1n) is 2.92. The van der Waals surface area contributed by atoms with Crippen LogP contribution in [0.15, 0.2) is 0 Å². The normalized spacial score (nSPS) is 26.4. The summed E-state index contributed by atoms with van der Waals surface area (Å²) in [5.74, 6) is 6.03. The van der Waals surface area contributed by atoms with Crippen LogP contribution < -0.4 is 0 Å². The molecule has 8 heavy (non-hydrogen) atoms. The Hall–Kier alpha value is -0.480. The third-order valence-corrected chi connectivity index (χ3v) is 1.38. The van der Waals surface area contributed by atoms with Gasteiger partial charge in [0.25, 0.3) is 0 Å². The lowest BCUT2D eigenvalue weighted by Crippen LogP contribution is -2.10. The van der Waals surface area contributed by atoms with Crippen molar-refractivity contribution < 1.29 is 4.74 Å². The first-order valence-corrected chi connectivity index (χ1v) is 2.92. The average molecular weight is 110 g/mol. The van der Waals surface area contributed by atoms with E-state index in [0.717, 1.165) is 19.3 Å². The van der Waals surface area contributed by atoms with Crippen molar-refractivity contribution in [1.29, 1.82) is 0 Å². The zero-order valence-electron chi connectivity index (χ0n) is 5.11. The van der Waals surface area contributed by atoms with E-state index in [1.165, 1.54) is 0 Å². The summed E-state index contributed by atoms with van der Waals surface area (Å²) in [6.45, 7) is 0. The van der Waals surface area contributed by atoms with Gasteiger partial charge < -0.3 is 4.74 Å². The topological polar surface area (TPSA) is 9.23 Å². The molecular formula is C7H10O. The Morgan fingerprint density at radius 3 is 2.75 bits per heavy atom. The molecule has 0 radical (unpaired) electrons. The van der Waals surface area contributed by atoms with E-state index in [-0.39, 0.29) is 0 Å². The zero-order valence-corrected chi connectivity index (χ0v) is 5.11. The maximum Gasteiger partial charge on any atom is 0.0689 e. The highest BCUT2D eigenvalue weighted by atomic mass is 16.5. The van der Waals surface area contributed by atoms with E-state index in [9.17, 15) is 0 Å². The van der Waals surface area contributed by atoms with Gasteiger partial charge >= 0.3 is 0 Å². The lowest BCUT2D eigenvalue weighted by Gasteiger charge is -2.11. The van der Waals surface area contributed by atoms with Crippen molar-refractivity contribution in [3.05, 3.63) is 0 Å². The second-order valence-corrected chi connectivity index (χ2v) is 1.95. The molecule has 0 aromatic heterocycles. The van der Waals surface area contributed by atoms with Gasteiger partial charge in [-0.05, 0) is 6.42 Å². The van der Waals surface area contributed by atoms with Crippen molar-refractivity contribution in [3.8, 4) is 11.8 Å². The molecule has 0 N–H and O–H groups in total. The Morgan fingerprint density at radius 1 is 1.50 bits per heavy atom. The van der Waals surface area contributed by atoms with Crippen molar-refractivity contribution in [2.45, 2.75) is 25.4 Å². The van der Waals surface area contributed by atoms with Crippen LogP contribution in [0.5, 0.6) is 0 Å². The van der Waals surface area contributed by atoms with Gasteiger partial charge in [-0.2, -0.15) is 0 Å². The molecule has 1 heteroatoms. The Morgan fingerprint density at radius 2 is 2.38 bits per heavy atom. The zero-order chi connectivity index (χ0) is 5.82. The average Bonchev–Trinajstić information content (AvgIpc) is 1.90. The monoisotopic (exact) mass is 110 g/mol. The molecule has 1 aliphatic carbocycles. The number of hydrogen-bond donors (Lipinski definition) is 0. The molecule has 1 unspecified atom stereocenters. The van der Waals surface area contributed by atoms with Crippen molar-refractivity contribution in [3.63, 3.8) is 0 Å². The summed E-state index contributed by atoms with van der Waals surface area (Å²) in [6.07, 6.45) is 3.47. The van der Waals surface area contributed by atoms with Crippen LogP contribution in [0.3, 0.4) is 0 Å². The molecule has 0 saturated carbocycles. The van der Waals surface area contributed by atoms with E-state index in [2.05, 4.69) is 11.8 Å². The second kappa shape index (κ2) is 2.74. The van der Waals surface area contributed by atoms with Gasteiger partial charge in [0.05, 0.1) is 6.10 Å². The van der Waals surface area contributed by atoms with Gasteiger partial charge in [0.1, 0.15) is 0 Å². The van der Waals surface area contributed by atoms with Crippen molar-refractivity contribution in [2.75, 3.05) is 7.11 Å². The summed E-state index contributed by atoms with van der Waals surface area (Å²) in [5.41, 5.74) is 0. The molecule has 1 nitrogen and oxygen atoms in total. The van der Waals surface area contributed by atoms with Crippen LogP contribution >= 0.6 is 0 Å². The third-order valence-electron chi connectivity index (χ3n) is 1.38. The maximum absolute atomic E-state index is 5.09. The fraction of sp³-hybridized carbons (Fsp3) is 0.714. The van der Waals surface area contributed by atoms with E-state index in [4.69, 9.17) is 4.74 Å². The highest BCUT2D eigenvalue weighted by molar-refractivity contribution is 5.04. The Labute approximate surface area is 50.0 Å². The summed E-state index contributed by atoms with van der Waals surface area (Å²) < 4.78 is 5.09. The minimum absolute atomic E-state index is 0.413. The molecule has 0 spiro atoms. The second-order valence-electron chi connectivity index (χ2n) is 1.95. The lowest BCUT2D eigenvalue weighted by atomic mass is 10.1. The molecule has 1 aliphatic rings. The lowest BCUT2D eigenvalue weighted by molar-refractivity contribution is 0.0988. The summed E-state index contributed by atoms with van der Waals surface area (Å²) in [4.78, 5) is 0. The first kappa shape index (κ1) is 5.65. The molecule has 0 saturated heterocycles. The van der Waals surface area contributed by atoms with Crippen LogP contribution in [0.2, 0.25) is 0 Å². The molecule has 0 amide bonds. The molecule has 44 valence electrons. The molecule has 0 heterocycles. The summed E-state index contributed by atoms with van der Waals surface area (Å²) in [6, 6.07) is 0. The number of hydrogen-bond acceptors (Lipinski definition) is 1. The molecule has 0 fully saturated rings. The maximum atomic E-state index is 5.09. The largest absolute Gasteiger partial charge is 0.380 e. The SMILES string of the molecule is COC1CC#CCC1. The van der Waals surface area contributed by atoms with Crippen molar-refractivity contribution in [2.24, 2.45) is 0 Å². The van der Waals surface area contributed by atoms with E-state index >= 15 is 0 Å². The smallest absolute Gasteiger partial charge is 0.0689 e. The van der Waals surface area contributed by atoms with Gasteiger partial charge in [-0.15, -0.1) is 11.8 Å². The fourth-order valence-electron chi connectivity index (χ4n) is 0.811. The quantitative estimate of drug-likeness (QED) is 0.461. The molecular weight excluding hydrogens is 100 g/mol. The van der Waals surface area contributed by atoms with Gasteiger partial charge in [0.2, 0.25) is 0 Å². The van der Waals surface area contributed by atoms with Crippen LogP contribution in [0.1, 0.15) is 19.3 Å². The van der Waals surface area contributed by atoms with Gasteiger partial charge in [-0.1, -0.05) is 0 Å². The summed E-state index contributed by atoms with van der Waals surface area (Å²) in [7, 11) is 1.75. The highest BCUT2D eigenvalue weighted by Gasteiger charge is 2.05. The fourth-order valence-corrected chi connectivity index (χ4v) is 0.811. The van der Waals surface area contributed by atoms with Crippen LogP contribution in [0.25, 0.3) is 0 Å².